The SMILES string of the molecule is Cc1cnc(Nc2ccc3c(c2)ncn3CCO)nc1Nc1ccc(CNS(=O)(=O)C2CC2)cc1. The molecule has 182 valence electrons. The van der Waals surface area contributed by atoms with Gasteiger partial charge in [0.15, 0.2) is 0 Å². The molecule has 0 aliphatic heterocycles. The maximum absolute atomic E-state index is 12.0. The number of aromatic nitrogens is 4. The van der Waals surface area contributed by atoms with Crippen LogP contribution in [0.3, 0.4) is 0 Å². The molecule has 0 atom stereocenters. The van der Waals surface area contributed by atoms with Crippen molar-refractivity contribution in [1.82, 2.24) is 24.2 Å². The van der Waals surface area contributed by atoms with Crippen LogP contribution in [0.4, 0.5) is 23.1 Å². The van der Waals surface area contributed by atoms with E-state index in [1.54, 1.807) is 12.5 Å². The molecule has 2 aromatic heterocycles. The van der Waals surface area contributed by atoms with Crippen LogP contribution < -0.4 is 15.4 Å². The zero-order valence-electron chi connectivity index (χ0n) is 19.3. The first-order valence-electron chi connectivity index (χ1n) is 11.4. The fraction of sp³-hybridized carbons (Fsp3) is 0.292. The Labute approximate surface area is 203 Å². The maximum Gasteiger partial charge on any atom is 0.229 e. The van der Waals surface area contributed by atoms with Crippen molar-refractivity contribution in [1.29, 1.82) is 0 Å². The lowest BCUT2D eigenvalue weighted by Crippen LogP contribution is -2.26. The highest BCUT2D eigenvalue weighted by Crippen LogP contribution is 2.28. The van der Waals surface area contributed by atoms with E-state index in [0.29, 0.717) is 18.3 Å². The summed E-state index contributed by atoms with van der Waals surface area (Å²) >= 11 is 0. The number of benzene rings is 2. The number of anilines is 4. The fourth-order valence-corrected chi connectivity index (χ4v) is 5.07. The molecule has 1 fully saturated rings. The van der Waals surface area contributed by atoms with Gasteiger partial charge in [0.2, 0.25) is 16.0 Å². The molecule has 0 saturated heterocycles. The van der Waals surface area contributed by atoms with Gasteiger partial charge in [-0.2, -0.15) is 4.98 Å². The highest BCUT2D eigenvalue weighted by molar-refractivity contribution is 7.90. The lowest BCUT2D eigenvalue weighted by Gasteiger charge is -2.12. The molecule has 0 amide bonds. The number of rotatable bonds is 10. The number of nitrogens with zero attached hydrogens (tertiary/aromatic N) is 4. The highest BCUT2D eigenvalue weighted by Gasteiger charge is 2.35. The van der Waals surface area contributed by atoms with E-state index in [2.05, 4.69) is 30.3 Å². The summed E-state index contributed by atoms with van der Waals surface area (Å²) in [5, 5.41) is 15.5. The van der Waals surface area contributed by atoms with Crippen molar-refractivity contribution in [3.05, 3.63) is 66.1 Å². The molecule has 4 N–H and O–H groups in total. The summed E-state index contributed by atoms with van der Waals surface area (Å²) < 4.78 is 28.6. The standard InChI is InChI=1S/C24H27N7O3S/c1-16-13-25-24(29-19-6-9-22-21(12-19)26-15-31(22)10-11-32)30-23(16)28-18-4-2-17(3-5-18)14-27-35(33,34)20-7-8-20/h2-6,9,12-13,15,20,27,32H,7-8,10-11,14H2,1H3,(H2,25,28,29,30). The summed E-state index contributed by atoms with van der Waals surface area (Å²) in [4.78, 5) is 13.4. The van der Waals surface area contributed by atoms with Crippen molar-refractivity contribution in [3.63, 3.8) is 0 Å². The molecule has 1 aliphatic rings. The van der Waals surface area contributed by atoms with Gasteiger partial charge in [0, 0.05) is 36.2 Å². The molecule has 10 nitrogen and oxygen atoms in total. The minimum Gasteiger partial charge on any atom is -0.395 e. The second kappa shape index (κ2) is 9.61. The zero-order valence-corrected chi connectivity index (χ0v) is 20.1. The van der Waals surface area contributed by atoms with Crippen molar-refractivity contribution in [2.24, 2.45) is 0 Å². The average molecular weight is 494 g/mol. The highest BCUT2D eigenvalue weighted by atomic mass is 32.2. The van der Waals surface area contributed by atoms with Crippen LogP contribution in [-0.4, -0.2) is 44.9 Å². The van der Waals surface area contributed by atoms with Crippen LogP contribution in [0.5, 0.6) is 0 Å². The van der Waals surface area contributed by atoms with Crippen LogP contribution in [0.25, 0.3) is 11.0 Å². The van der Waals surface area contributed by atoms with Crippen LogP contribution in [0.15, 0.2) is 55.0 Å². The van der Waals surface area contributed by atoms with Crippen molar-refractivity contribution < 1.29 is 13.5 Å². The van der Waals surface area contributed by atoms with E-state index in [4.69, 9.17) is 0 Å². The number of aliphatic hydroxyl groups excluding tert-OH is 1. The molecule has 0 radical (unpaired) electrons. The third-order valence-electron chi connectivity index (χ3n) is 5.85. The molecule has 5 rings (SSSR count). The summed E-state index contributed by atoms with van der Waals surface area (Å²) in [6.07, 6.45) is 4.95. The van der Waals surface area contributed by atoms with Gasteiger partial charge in [-0.05, 0) is 55.7 Å². The van der Waals surface area contributed by atoms with Gasteiger partial charge in [0.25, 0.3) is 0 Å². The topological polar surface area (TPSA) is 134 Å². The number of fused-ring (bicyclic) bond motifs is 1. The van der Waals surface area contributed by atoms with E-state index >= 15 is 0 Å². The minimum atomic E-state index is -3.20. The lowest BCUT2D eigenvalue weighted by molar-refractivity contribution is 0.278. The van der Waals surface area contributed by atoms with E-state index in [9.17, 15) is 13.5 Å². The van der Waals surface area contributed by atoms with E-state index in [1.165, 1.54) is 0 Å². The van der Waals surface area contributed by atoms with Crippen molar-refractivity contribution in [3.8, 4) is 0 Å². The van der Waals surface area contributed by atoms with Gasteiger partial charge in [0.05, 0.1) is 29.2 Å². The summed E-state index contributed by atoms with van der Waals surface area (Å²) in [5.41, 5.74) is 5.17. The largest absolute Gasteiger partial charge is 0.395 e. The number of sulfonamides is 1. The number of imidazole rings is 1. The van der Waals surface area contributed by atoms with Crippen molar-refractivity contribution in [2.45, 2.75) is 38.1 Å². The maximum atomic E-state index is 12.0. The van der Waals surface area contributed by atoms with Crippen LogP contribution in [-0.2, 0) is 23.1 Å². The number of hydrogen-bond acceptors (Lipinski definition) is 8. The molecule has 0 bridgehead atoms. The Kier molecular flexibility index (Phi) is 6.37. The molecule has 1 aliphatic carbocycles. The third-order valence-corrected chi connectivity index (χ3v) is 7.74. The summed E-state index contributed by atoms with van der Waals surface area (Å²) in [6.45, 7) is 2.76. The third kappa shape index (κ3) is 5.42. The molecule has 0 unspecified atom stereocenters. The van der Waals surface area contributed by atoms with Gasteiger partial charge >= 0.3 is 0 Å². The Morgan fingerprint density at radius 2 is 1.83 bits per heavy atom. The summed E-state index contributed by atoms with van der Waals surface area (Å²) in [5.74, 6) is 1.11. The van der Waals surface area contributed by atoms with Crippen molar-refractivity contribution >= 4 is 44.2 Å². The number of aliphatic hydroxyl groups is 1. The molecule has 1 saturated carbocycles. The number of aryl methyl sites for hydroxylation is 1. The van der Waals surface area contributed by atoms with Crippen LogP contribution >= 0.6 is 0 Å². The first kappa shape index (κ1) is 23.2. The minimum absolute atomic E-state index is 0.0559. The Balaban J connectivity index is 1.25. The van der Waals surface area contributed by atoms with Gasteiger partial charge in [0.1, 0.15) is 5.82 Å². The molecule has 2 heterocycles. The van der Waals surface area contributed by atoms with Gasteiger partial charge < -0.3 is 20.3 Å². The second-order valence-electron chi connectivity index (χ2n) is 8.60. The van der Waals surface area contributed by atoms with Crippen molar-refractivity contribution in [2.75, 3.05) is 17.2 Å². The average Bonchev–Trinajstić information content (AvgIpc) is 3.64. The molecule has 11 heteroatoms. The Bertz CT molecular complexity index is 1450. The molecule has 0 spiro atoms. The summed E-state index contributed by atoms with van der Waals surface area (Å²) in [6, 6.07) is 13.3. The normalized spacial score (nSPS) is 13.8. The smallest absolute Gasteiger partial charge is 0.229 e. The molecular formula is C24H27N7O3S. The van der Waals surface area contributed by atoms with Gasteiger partial charge in [-0.25, -0.2) is 23.1 Å². The Morgan fingerprint density at radius 3 is 2.57 bits per heavy atom. The van der Waals surface area contributed by atoms with E-state index < -0.39 is 10.0 Å². The van der Waals surface area contributed by atoms with Gasteiger partial charge in [-0.1, -0.05) is 12.1 Å². The van der Waals surface area contributed by atoms with E-state index in [1.807, 2.05) is 54.0 Å². The predicted molar refractivity (Wildman–Crippen MR) is 135 cm³/mol. The van der Waals surface area contributed by atoms with Gasteiger partial charge in [-0.15, -0.1) is 0 Å². The zero-order chi connectivity index (χ0) is 24.4. The fourth-order valence-electron chi connectivity index (χ4n) is 3.71. The number of nitrogens with one attached hydrogen (secondary N) is 3. The van der Waals surface area contributed by atoms with Crippen LogP contribution in [0, 0.1) is 6.92 Å². The monoisotopic (exact) mass is 493 g/mol. The van der Waals surface area contributed by atoms with E-state index in [0.717, 1.165) is 46.4 Å². The first-order chi connectivity index (χ1) is 16.9. The van der Waals surface area contributed by atoms with Gasteiger partial charge in [-0.3, -0.25) is 0 Å². The van der Waals surface area contributed by atoms with Crippen LogP contribution in [0.1, 0.15) is 24.0 Å². The van der Waals surface area contributed by atoms with Crippen LogP contribution in [0.2, 0.25) is 0 Å². The number of hydrogen-bond donors (Lipinski definition) is 4. The lowest BCUT2D eigenvalue weighted by atomic mass is 10.2. The predicted octanol–water partition coefficient (Wildman–Crippen LogP) is 3.20. The molecule has 35 heavy (non-hydrogen) atoms. The summed E-state index contributed by atoms with van der Waals surface area (Å²) in [7, 11) is -3.20. The molecular weight excluding hydrogens is 466 g/mol. The second-order valence-corrected chi connectivity index (χ2v) is 10.6. The quantitative estimate of drug-likeness (QED) is 0.265. The Hall–Kier alpha value is -3.54. The Morgan fingerprint density at radius 1 is 1.06 bits per heavy atom. The first-order valence-corrected chi connectivity index (χ1v) is 13.0. The molecule has 2 aromatic carbocycles. The molecule has 4 aromatic rings. The van der Waals surface area contributed by atoms with E-state index in [-0.39, 0.29) is 18.4 Å².